The van der Waals surface area contributed by atoms with Crippen molar-refractivity contribution in [3.05, 3.63) is 52.6 Å². The van der Waals surface area contributed by atoms with E-state index in [1.165, 1.54) is 32.1 Å². The smallest absolute Gasteiger partial charge is 0.214 e. The summed E-state index contributed by atoms with van der Waals surface area (Å²) in [7, 11) is 0.172. The summed E-state index contributed by atoms with van der Waals surface area (Å²) in [5.74, 6) is 2.30. The molecule has 1 heterocycles. The van der Waals surface area contributed by atoms with Gasteiger partial charge in [0.2, 0.25) is 10.0 Å². The number of aromatic nitrogens is 3. The van der Waals surface area contributed by atoms with E-state index in [1.807, 2.05) is 26.1 Å². The van der Waals surface area contributed by atoms with Crippen LogP contribution in [0, 0.1) is 18.8 Å². The van der Waals surface area contributed by atoms with Crippen molar-refractivity contribution in [2.24, 2.45) is 18.9 Å². The van der Waals surface area contributed by atoms with Gasteiger partial charge in [0.15, 0.2) is 0 Å². The molecule has 200 valence electrons. The molecule has 2 fully saturated rings. The van der Waals surface area contributed by atoms with Crippen LogP contribution in [-0.4, -0.2) is 35.8 Å². The largest absolute Gasteiger partial charge is 0.494 e. The fourth-order valence-electron chi connectivity index (χ4n) is 6.50. The summed E-state index contributed by atoms with van der Waals surface area (Å²) in [4.78, 5) is 0. The number of nitrogens with zero attached hydrogens (tertiary/aromatic N) is 3. The molecule has 2 aliphatic carbocycles. The fourth-order valence-corrected chi connectivity index (χ4v) is 7.99. The minimum absolute atomic E-state index is 0.262. The highest BCUT2D eigenvalue weighted by molar-refractivity contribution is 7.90. The first kappa shape index (κ1) is 26.2. The van der Waals surface area contributed by atoms with Crippen molar-refractivity contribution in [1.82, 2.24) is 19.7 Å². The van der Waals surface area contributed by atoms with Gasteiger partial charge in [-0.2, -0.15) is 0 Å². The van der Waals surface area contributed by atoms with Crippen LogP contribution in [0.5, 0.6) is 5.75 Å². The van der Waals surface area contributed by atoms with Gasteiger partial charge in [-0.1, -0.05) is 55.5 Å². The van der Waals surface area contributed by atoms with Crippen LogP contribution in [0.15, 0.2) is 30.3 Å². The molecule has 0 spiro atoms. The van der Waals surface area contributed by atoms with Crippen molar-refractivity contribution in [2.45, 2.75) is 82.9 Å². The maximum atomic E-state index is 13.2. The summed E-state index contributed by atoms with van der Waals surface area (Å²) in [5, 5.41) is 8.10. The zero-order valence-corrected chi connectivity index (χ0v) is 23.2. The number of hydrogen-bond donors (Lipinski definition) is 1. The van der Waals surface area contributed by atoms with Crippen molar-refractivity contribution in [2.75, 3.05) is 7.11 Å². The third-order valence-electron chi connectivity index (χ3n) is 8.70. The Labute approximate surface area is 221 Å². The lowest BCUT2D eigenvalue weighted by Gasteiger charge is -2.35. The molecular weight excluding hydrogens is 484 g/mol. The lowest BCUT2D eigenvalue weighted by molar-refractivity contribution is 0.196. The number of methoxy groups -OCH3 is 1. The summed E-state index contributed by atoms with van der Waals surface area (Å²) in [6.07, 6.45) is 11.2. The summed E-state index contributed by atoms with van der Waals surface area (Å²) >= 11 is 0. The number of benzene rings is 2. The van der Waals surface area contributed by atoms with Gasteiger partial charge in [0.1, 0.15) is 16.8 Å². The quantitative estimate of drug-likeness (QED) is 0.424. The molecule has 7 nitrogen and oxygen atoms in total. The van der Waals surface area contributed by atoms with Gasteiger partial charge in [0.25, 0.3) is 0 Å². The highest BCUT2D eigenvalue weighted by Crippen LogP contribution is 2.39. The number of ether oxygens (including phenoxy) is 1. The Balaban J connectivity index is 1.23. The van der Waals surface area contributed by atoms with Gasteiger partial charge >= 0.3 is 0 Å². The van der Waals surface area contributed by atoms with E-state index in [0.717, 1.165) is 76.6 Å². The molecule has 2 aliphatic rings. The maximum absolute atomic E-state index is 13.2. The second-order valence-electron chi connectivity index (χ2n) is 11.1. The zero-order chi connectivity index (χ0) is 26.0. The fraction of sp³-hybridized carbons (Fsp3) is 0.586. The van der Waals surface area contributed by atoms with Crippen molar-refractivity contribution in [3.8, 4) is 5.75 Å². The molecule has 2 aromatic carbocycles. The third kappa shape index (κ3) is 5.85. The molecule has 3 aromatic rings. The molecule has 0 radical (unpaired) electrons. The molecular formula is C29H40N4O3S. The van der Waals surface area contributed by atoms with E-state index in [-0.39, 0.29) is 5.25 Å². The minimum Gasteiger partial charge on any atom is -0.494 e. The van der Waals surface area contributed by atoms with E-state index < -0.39 is 10.0 Å². The summed E-state index contributed by atoms with van der Waals surface area (Å²) in [6, 6.07) is 10.4. The zero-order valence-electron chi connectivity index (χ0n) is 22.4. The molecule has 1 aromatic heterocycles. The Morgan fingerprint density at radius 1 is 0.973 bits per heavy atom. The average molecular weight is 525 g/mol. The molecule has 1 N–H and O–H groups in total. The van der Waals surface area contributed by atoms with E-state index in [2.05, 4.69) is 33.2 Å². The molecule has 0 amide bonds. The van der Waals surface area contributed by atoms with Crippen LogP contribution in [0.25, 0.3) is 11.0 Å². The molecule has 0 bridgehead atoms. The van der Waals surface area contributed by atoms with E-state index in [1.54, 1.807) is 11.8 Å². The number of nitrogens with one attached hydrogen (secondary N) is 1. The van der Waals surface area contributed by atoms with Gasteiger partial charge in [-0.15, -0.1) is 5.10 Å². The van der Waals surface area contributed by atoms with Crippen molar-refractivity contribution in [3.63, 3.8) is 0 Å². The Bertz CT molecular complexity index is 1340. The topological polar surface area (TPSA) is 86.1 Å². The van der Waals surface area contributed by atoms with Crippen molar-refractivity contribution in [1.29, 1.82) is 0 Å². The Hall–Kier alpha value is -2.45. The highest BCUT2D eigenvalue weighted by atomic mass is 32.2. The van der Waals surface area contributed by atoms with Gasteiger partial charge in [0.05, 0.1) is 12.4 Å². The minimum atomic E-state index is -3.34. The van der Waals surface area contributed by atoms with Gasteiger partial charge in [0, 0.05) is 13.6 Å². The molecule has 8 heteroatoms. The van der Waals surface area contributed by atoms with Gasteiger partial charge in [-0.25, -0.2) is 17.8 Å². The monoisotopic (exact) mass is 524 g/mol. The van der Waals surface area contributed by atoms with Crippen LogP contribution in [0.1, 0.15) is 80.0 Å². The molecule has 37 heavy (non-hydrogen) atoms. The number of hydrogen-bond acceptors (Lipinski definition) is 5. The lowest BCUT2D eigenvalue weighted by atomic mass is 9.73. The molecule has 0 unspecified atom stereocenters. The van der Waals surface area contributed by atoms with Crippen LogP contribution >= 0.6 is 0 Å². The van der Waals surface area contributed by atoms with Gasteiger partial charge < -0.3 is 4.74 Å². The van der Waals surface area contributed by atoms with Crippen LogP contribution in [0.4, 0.5) is 0 Å². The standard InChI is InChI=1S/C29H40N4O3S/c1-20-9-10-21(15-22-17-27-29(28(18-22)36-3)33(2)32-31-27)16-25(20)19-30-37(34,35)26-13-11-24(12-14-26)23-7-5-4-6-8-23/h9-10,16-18,23-24,26,30H,4-8,11-15,19H2,1-3H3. The first-order valence-electron chi connectivity index (χ1n) is 13.8. The SMILES string of the molecule is COc1cc(Cc2ccc(C)c(CNS(=O)(=O)C3CCC(C4CCCCC4)CC3)c2)cc2nnn(C)c12. The number of fused-ring (bicyclic) bond motifs is 1. The third-order valence-corrected chi connectivity index (χ3v) is 10.6. The maximum Gasteiger partial charge on any atom is 0.214 e. The first-order valence-corrected chi connectivity index (χ1v) is 15.3. The predicted octanol–water partition coefficient (Wildman–Crippen LogP) is 5.43. The highest BCUT2D eigenvalue weighted by Gasteiger charge is 2.34. The molecule has 0 aliphatic heterocycles. The van der Waals surface area contributed by atoms with Crippen LogP contribution < -0.4 is 9.46 Å². The number of aryl methyl sites for hydroxylation is 2. The van der Waals surface area contributed by atoms with Crippen LogP contribution in [0.2, 0.25) is 0 Å². The average Bonchev–Trinajstić information content (AvgIpc) is 3.29. The summed E-state index contributed by atoms with van der Waals surface area (Å²) in [6.45, 7) is 2.37. The summed E-state index contributed by atoms with van der Waals surface area (Å²) in [5.41, 5.74) is 5.99. The second kappa shape index (κ2) is 11.1. The summed E-state index contributed by atoms with van der Waals surface area (Å²) < 4.78 is 36.6. The van der Waals surface area contributed by atoms with Crippen LogP contribution in [0.3, 0.4) is 0 Å². The molecule has 0 saturated heterocycles. The second-order valence-corrected chi connectivity index (χ2v) is 13.2. The van der Waals surface area contributed by atoms with Crippen molar-refractivity contribution >= 4 is 21.1 Å². The predicted molar refractivity (Wildman–Crippen MR) is 147 cm³/mol. The van der Waals surface area contributed by atoms with Gasteiger partial charge in [-0.3, -0.25) is 0 Å². The molecule has 5 rings (SSSR count). The van der Waals surface area contributed by atoms with E-state index >= 15 is 0 Å². The van der Waals surface area contributed by atoms with Crippen molar-refractivity contribution < 1.29 is 13.2 Å². The number of rotatable bonds is 8. The first-order chi connectivity index (χ1) is 17.8. The van der Waals surface area contributed by atoms with Gasteiger partial charge in [-0.05, 0) is 85.3 Å². The van der Waals surface area contributed by atoms with Crippen LogP contribution in [-0.2, 0) is 30.0 Å². The molecule has 0 atom stereocenters. The van der Waals surface area contributed by atoms with E-state index in [0.29, 0.717) is 13.0 Å². The normalized spacial score (nSPS) is 21.4. The Morgan fingerprint density at radius 3 is 2.43 bits per heavy atom. The Morgan fingerprint density at radius 2 is 1.70 bits per heavy atom. The molecule has 2 saturated carbocycles. The Kier molecular flexibility index (Phi) is 7.86. The van der Waals surface area contributed by atoms with E-state index in [9.17, 15) is 8.42 Å². The van der Waals surface area contributed by atoms with E-state index in [4.69, 9.17) is 4.74 Å². The number of sulfonamides is 1. The lowest BCUT2D eigenvalue weighted by Crippen LogP contribution is -2.37.